The second kappa shape index (κ2) is 10.2. The number of likely N-dealkylation sites (tertiary alicyclic amines) is 1. The van der Waals surface area contributed by atoms with Gasteiger partial charge in [-0.15, -0.1) is 0 Å². The number of nitrogens with zero attached hydrogens (tertiary/aromatic N) is 2. The fourth-order valence-corrected chi connectivity index (χ4v) is 3.93. The lowest BCUT2D eigenvalue weighted by molar-refractivity contribution is -0.385. The monoisotopic (exact) mass is 470 g/mol. The van der Waals surface area contributed by atoms with Crippen molar-refractivity contribution in [3.8, 4) is 17.2 Å². The van der Waals surface area contributed by atoms with Gasteiger partial charge < -0.3 is 24.6 Å². The molecule has 10 nitrogen and oxygen atoms in total. The van der Waals surface area contributed by atoms with Crippen molar-refractivity contribution < 1.29 is 34.2 Å². The lowest BCUT2D eigenvalue weighted by Crippen LogP contribution is -2.30. The minimum atomic E-state index is -1.08. The van der Waals surface area contributed by atoms with E-state index in [4.69, 9.17) is 9.47 Å². The molecular weight excluding hydrogens is 444 g/mol. The van der Waals surface area contributed by atoms with Crippen LogP contribution in [0.25, 0.3) is 5.76 Å². The lowest BCUT2D eigenvalue weighted by Gasteiger charge is -2.25. The zero-order valence-electron chi connectivity index (χ0n) is 19.1. The molecule has 1 unspecified atom stereocenters. The van der Waals surface area contributed by atoms with Crippen LogP contribution in [0.1, 0.15) is 44.4 Å². The smallest absolute Gasteiger partial charge is 0.311 e. The van der Waals surface area contributed by atoms with Crippen molar-refractivity contribution in [3.05, 3.63) is 63.2 Å². The fourth-order valence-electron chi connectivity index (χ4n) is 3.93. The van der Waals surface area contributed by atoms with Gasteiger partial charge in [-0.1, -0.05) is 13.0 Å². The maximum atomic E-state index is 13.1. The van der Waals surface area contributed by atoms with Crippen molar-refractivity contribution in [1.82, 2.24) is 4.90 Å². The number of Topliss-reactive ketones (excluding diaryl/α,β-unsaturated/α-hetero) is 1. The number of rotatable bonds is 9. The van der Waals surface area contributed by atoms with Crippen LogP contribution < -0.4 is 9.47 Å². The van der Waals surface area contributed by atoms with E-state index in [0.717, 1.165) is 12.1 Å². The van der Waals surface area contributed by atoms with Gasteiger partial charge in [0.2, 0.25) is 0 Å². The number of aliphatic hydroxyl groups is 1. The highest BCUT2D eigenvalue weighted by molar-refractivity contribution is 6.46. The van der Waals surface area contributed by atoms with Crippen molar-refractivity contribution >= 4 is 23.1 Å². The Hall–Kier alpha value is -4.08. The summed E-state index contributed by atoms with van der Waals surface area (Å²) in [5.74, 6) is -2.01. The molecular formula is C24H26N2O8. The summed E-state index contributed by atoms with van der Waals surface area (Å²) in [7, 11) is 0. The van der Waals surface area contributed by atoms with Crippen LogP contribution in [0.4, 0.5) is 5.69 Å². The van der Waals surface area contributed by atoms with Gasteiger partial charge in [0, 0.05) is 18.7 Å². The predicted octanol–water partition coefficient (Wildman–Crippen LogP) is 3.93. The fraction of sp³-hybridized carbons (Fsp3) is 0.333. The number of carbonyl (C=O) groups is 2. The van der Waals surface area contributed by atoms with Gasteiger partial charge in [0.15, 0.2) is 5.75 Å². The summed E-state index contributed by atoms with van der Waals surface area (Å²) in [6.07, 6.45) is 0.511. The Morgan fingerprint density at radius 1 is 1.09 bits per heavy atom. The summed E-state index contributed by atoms with van der Waals surface area (Å²) >= 11 is 0. The molecule has 0 saturated carbocycles. The van der Waals surface area contributed by atoms with Gasteiger partial charge >= 0.3 is 5.69 Å². The number of phenols is 1. The summed E-state index contributed by atoms with van der Waals surface area (Å²) in [4.78, 5) is 37.8. The number of nitro groups is 1. The molecule has 0 spiro atoms. The highest BCUT2D eigenvalue weighted by atomic mass is 16.6. The van der Waals surface area contributed by atoms with Crippen LogP contribution in [0.2, 0.25) is 0 Å². The largest absolute Gasteiger partial charge is 0.507 e. The number of ketones is 1. The standard InChI is InChI=1S/C24H26N2O8/c1-4-11-25-21(14-7-10-18(27)17(12-14)26(31)32)20(23(29)24(25)30)22(28)16-9-8-15(33-5-2)13-19(16)34-6-3/h7-10,12-13,21,27-28H,4-6,11H2,1-3H3/b22-20-. The first kappa shape index (κ1) is 24.6. The molecule has 180 valence electrons. The van der Waals surface area contributed by atoms with E-state index >= 15 is 0 Å². The van der Waals surface area contributed by atoms with Crippen molar-refractivity contribution in [3.63, 3.8) is 0 Å². The summed E-state index contributed by atoms with van der Waals surface area (Å²) in [6, 6.07) is 7.23. The van der Waals surface area contributed by atoms with E-state index < -0.39 is 39.9 Å². The topological polar surface area (TPSA) is 139 Å². The first-order chi connectivity index (χ1) is 16.2. The van der Waals surface area contributed by atoms with E-state index in [9.17, 15) is 29.9 Å². The molecule has 1 amide bonds. The Balaban J connectivity index is 2.25. The molecule has 1 fully saturated rings. The Morgan fingerprint density at radius 2 is 1.79 bits per heavy atom. The zero-order valence-corrected chi connectivity index (χ0v) is 19.1. The Labute approximate surface area is 196 Å². The van der Waals surface area contributed by atoms with Gasteiger partial charge in [0.05, 0.1) is 35.3 Å². The number of hydrogen-bond acceptors (Lipinski definition) is 8. The third kappa shape index (κ3) is 4.52. The molecule has 0 aliphatic carbocycles. The molecule has 0 radical (unpaired) electrons. The SMILES string of the molecule is CCCN1C(=O)C(=O)/C(=C(\O)c2ccc(OCC)cc2OCC)C1c1ccc(O)c([N+](=O)[O-])c1. The van der Waals surface area contributed by atoms with Crippen LogP contribution in [0.15, 0.2) is 42.0 Å². The second-order valence-electron chi connectivity index (χ2n) is 7.52. The molecule has 0 aromatic heterocycles. The number of amides is 1. The van der Waals surface area contributed by atoms with Crippen LogP contribution in [0.5, 0.6) is 17.2 Å². The highest BCUT2D eigenvalue weighted by Crippen LogP contribution is 2.43. The van der Waals surface area contributed by atoms with Crippen LogP contribution in [0, 0.1) is 10.1 Å². The van der Waals surface area contributed by atoms with Gasteiger partial charge in [-0.05, 0) is 44.0 Å². The maximum absolute atomic E-state index is 13.1. The number of hydrogen-bond donors (Lipinski definition) is 2. The Bertz CT molecular complexity index is 1160. The number of nitro benzene ring substituents is 1. The molecule has 1 saturated heterocycles. The van der Waals surface area contributed by atoms with E-state index in [1.54, 1.807) is 19.1 Å². The van der Waals surface area contributed by atoms with E-state index in [0.29, 0.717) is 18.8 Å². The molecule has 1 aliphatic rings. The molecule has 0 bridgehead atoms. The van der Waals surface area contributed by atoms with Crippen LogP contribution in [-0.2, 0) is 9.59 Å². The van der Waals surface area contributed by atoms with Gasteiger partial charge in [-0.3, -0.25) is 19.7 Å². The Kier molecular flexibility index (Phi) is 7.40. The molecule has 2 aromatic rings. The quantitative estimate of drug-likeness (QED) is 0.185. The minimum Gasteiger partial charge on any atom is -0.507 e. The number of carbonyl (C=O) groups excluding carboxylic acids is 2. The lowest BCUT2D eigenvalue weighted by atomic mass is 9.94. The van der Waals surface area contributed by atoms with Gasteiger partial charge in [-0.2, -0.15) is 0 Å². The van der Waals surface area contributed by atoms with E-state index in [-0.39, 0.29) is 35.6 Å². The van der Waals surface area contributed by atoms with Gasteiger partial charge in [0.1, 0.15) is 17.3 Å². The average molecular weight is 470 g/mol. The average Bonchev–Trinajstić information content (AvgIpc) is 3.05. The van der Waals surface area contributed by atoms with Crippen LogP contribution in [-0.4, -0.2) is 51.5 Å². The number of aliphatic hydroxyl groups excluding tert-OH is 1. The molecule has 10 heteroatoms. The number of ether oxygens (including phenoxy) is 2. The Morgan fingerprint density at radius 3 is 2.41 bits per heavy atom. The molecule has 3 rings (SSSR count). The molecule has 2 N–H and O–H groups in total. The molecule has 1 heterocycles. The number of aromatic hydroxyl groups is 1. The van der Waals surface area contributed by atoms with E-state index in [2.05, 4.69) is 0 Å². The summed E-state index contributed by atoms with van der Waals surface area (Å²) in [5.41, 5.74) is -0.403. The normalized spacial score (nSPS) is 17.1. The molecule has 1 atom stereocenters. The minimum absolute atomic E-state index is 0.179. The van der Waals surface area contributed by atoms with Gasteiger partial charge in [-0.25, -0.2) is 0 Å². The number of phenolic OH excluding ortho intramolecular Hbond substituents is 1. The van der Waals surface area contributed by atoms with Crippen LogP contribution >= 0.6 is 0 Å². The molecule has 1 aliphatic heterocycles. The van der Waals surface area contributed by atoms with Gasteiger partial charge in [0.25, 0.3) is 11.7 Å². The third-order valence-corrected chi connectivity index (χ3v) is 5.34. The predicted molar refractivity (Wildman–Crippen MR) is 123 cm³/mol. The van der Waals surface area contributed by atoms with E-state index in [1.807, 2.05) is 13.8 Å². The third-order valence-electron chi connectivity index (χ3n) is 5.34. The molecule has 2 aromatic carbocycles. The number of benzene rings is 2. The second-order valence-corrected chi connectivity index (χ2v) is 7.52. The van der Waals surface area contributed by atoms with Crippen LogP contribution in [0.3, 0.4) is 0 Å². The maximum Gasteiger partial charge on any atom is 0.311 e. The van der Waals surface area contributed by atoms with Crippen molar-refractivity contribution in [1.29, 1.82) is 0 Å². The van der Waals surface area contributed by atoms with E-state index in [1.165, 1.54) is 17.0 Å². The van der Waals surface area contributed by atoms with Crippen molar-refractivity contribution in [2.45, 2.75) is 33.2 Å². The summed E-state index contributed by atoms with van der Waals surface area (Å²) in [6.45, 7) is 6.26. The van der Waals surface area contributed by atoms with Crippen molar-refractivity contribution in [2.24, 2.45) is 0 Å². The first-order valence-electron chi connectivity index (χ1n) is 10.9. The summed E-state index contributed by atoms with van der Waals surface area (Å²) < 4.78 is 11.1. The zero-order chi connectivity index (χ0) is 25.0. The summed E-state index contributed by atoms with van der Waals surface area (Å²) in [5, 5.41) is 32.5. The first-order valence-corrected chi connectivity index (χ1v) is 10.9. The highest BCUT2D eigenvalue weighted by Gasteiger charge is 2.46. The van der Waals surface area contributed by atoms with Crippen molar-refractivity contribution in [2.75, 3.05) is 19.8 Å². The molecule has 34 heavy (non-hydrogen) atoms.